The molecule has 0 fully saturated rings. The summed E-state index contributed by atoms with van der Waals surface area (Å²) in [7, 11) is -3.81. The minimum Gasteiger partial charge on any atom is -0.397 e. The van der Waals surface area contributed by atoms with E-state index in [4.69, 9.17) is 10.9 Å². The molecule has 0 saturated carbocycles. The quantitative estimate of drug-likeness (QED) is 0.556. The van der Waals surface area contributed by atoms with Crippen molar-refractivity contribution in [3.05, 3.63) is 18.2 Å². The second kappa shape index (κ2) is 5.26. The lowest BCUT2D eigenvalue weighted by Crippen LogP contribution is -2.17. The number of benzene rings is 1. The first-order valence-corrected chi connectivity index (χ1v) is 7.42. The van der Waals surface area contributed by atoms with Crippen LogP contribution in [0.3, 0.4) is 0 Å². The topological polar surface area (TPSA) is 106 Å². The van der Waals surface area contributed by atoms with Gasteiger partial charge < -0.3 is 10.8 Å². The van der Waals surface area contributed by atoms with Gasteiger partial charge in [-0.05, 0) is 19.1 Å². The second-order valence-electron chi connectivity index (χ2n) is 3.78. The van der Waals surface area contributed by atoms with Crippen molar-refractivity contribution in [3.8, 4) is 0 Å². The molecule has 5 N–H and O–H groups in total. The van der Waals surface area contributed by atoms with E-state index in [1.54, 1.807) is 19.1 Å². The lowest BCUT2D eigenvalue weighted by Gasteiger charge is -2.16. The maximum absolute atomic E-state index is 11.3. The Morgan fingerprint density at radius 3 is 2.41 bits per heavy atom. The Kier molecular flexibility index (Phi) is 4.42. The molecule has 0 amide bonds. The van der Waals surface area contributed by atoms with Crippen LogP contribution in [0.5, 0.6) is 0 Å². The molecule has 0 heterocycles. The van der Waals surface area contributed by atoms with Gasteiger partial charge in [0.25, 0.3) is 0 Å². The third kappa shape index (κ3) is 3.60. The number of anilines is 1. The molecule has 0 radical (unpaired) electrons. The van der Waals surface area contributed by atoms with E-state index < -0.39 is 16.1 Å². The summed E-state index contributed by atoms with van der Waals surface area (Å²) in [5, 5.41) is 14.4. The molecule has 0 aliphatic carbocycles. The number of primary sulfonamides is 1. The van der Waals surface area contributed by atoms with Crippen molar-refractivity contribution in [3.63, 3.8) is 0 Å². The van der Waals surface area contributed by atoms with Gasteiger partial charge in [-0.1, -0.05) is 13.0 Å². The summed E-state index contributed by atoms with van der Waals surface area (Å²) >= 11 is 1.31. The minimum absolute atomic E-state index is 0.0831. The first-order chi connectivity index (χ1) is 7.73. The van der Waals surface area contributed by atoms with E-state index in [2.05, 4.69) is 0 Å². The molecule has 0 aliphatic heterocycles. The molecule has 5 nitrogen and oxygen atoms in total. The van der Waals surface area contributed by atoms with Gasteiger partial charge in [0.05, 0.1) is 11.8 Å². The zero-order valence-electron chi connectivity index (χ0n) is 9.62. The highest BCUT2D eigenvalue weighted by Gasteiger charge is 2.17. The Labute approximate surface area is 105 Å². The lowest BCUT2D eigenvalue weighted by atomic mass is 10.3. The fourth-order valence-electron chi connectivity index (χ4n) is 1.17. The third-order valence-electron chi connectivity index (χ3n) is 2.32. The number of para-hydroxylation sites is 1. The number of rotatable bonds is 4. The summed E-state index contributed by atoms with van der Waals surface area (Å²) in [5.41, 5.74) is 5.89. The molecule has 2 unspecified atom stereocenters. The molecular weight excluding hydrogens is 260 g/mol. The van der Waals surface area contributed by atoms with Crippen LogP contribution in [-0.4, -0.2) is 24.9 Å². The van der Waals surface area contributed by atoms with E-state index in [1.807, 2.05) is 6.92 Å². The molecule has 1 aromatic carbocycles. The van der Waals surface area contributed by atoms with Crippen molar-refractivity contribution in [2.75, 3.05) is 5.73 Å². The van der Waals surface area contributed by atoms with E-state index in [0.29, 0.717) is 4.90 Å². The fraction of sp³-hybridized carbons (Fsp3) is 0.400. The number of hydrogen-bond donors (Lipinski definition) is 3. The Morgan fingerprint density at radius 2 is 1.94 bits per heavy atom. The van der Waals surface area contributed by atoms with Gasteiger partial charge >= 0.3 is 0 Å². The standard InChI is InChI=1S/C10H16N2O3S2/c1-6(13)7(2)16-8-4-3-5-9(10(8)11)17(12,14)15/h3-7,13H,11H2,1-2H3,(H2,12,14,15). The third-order valence-corrected chi connectivity index (χ3v) is 4.67. The molecular formula is C10H16N2O3S2. The van der Waals surface area contributed by atoms with Crippen molar-refractivity contribution >= 4 is 27.5 Å². The summed E-state index contributed by atoms with van der Waals surface area (Å²) in [6, 6.07) is 4.64. The number of sulfonamides is 1. The van der Waals surface area contributed by atoms with Gasteiger partial charge in [-0.2, -0.15) is 0 Å². The van der Waals surface area contributed by atoms with Gasteiger partial charge in [-0.3, -0.25) is 0 Å². The predicted molar refractivity (Wildman–Crippen MR) is 69.2 cm³/mol. The zero-order valence-corrected chi connectivity index (χ0v) is 11.3. The van der Waals surface area contributed by atoms with Gasteiger partial charge in [0.1, 0.15) is 4.90 Å². The molecule has 0 spiro atoms. The monoisotopic (exact) mass is 276 g/mol. The fourth-order valence-corrected chi connectivity index (χ4v) is 2.91. The molecule has 7 heteroatoms. The van der Waals surface area contributed by atoms with Crippen LogP contribution in [0.25, 0.3) is 0 Å². The maximum Gasteiger partial charge on any atom is 0.240 e. The molecule has 1 rings (SSSR count). The first-order valence-electron chi connectivity index (χ1n) is 4.99. The van der Waals surface area contributed by atoms with Crippen LogP contribution in [0.4, 0.5) is 5.69 Å². The summed E-state index contributed by atoms with van der Waals surface area (Å²) in [6.07, 6.45) is -0.516. The van der Waals surface area contributed by atoms with Gasteiger partial charge in [-0.15, -0.1) is 11.8 Å². The molecule has 17 heavy (non-hydrogen) atoms. The largest absolute Gasteiger partial charge is 0.397 e. The summed E-state index contributed by atoms with van der Waals surface area (Å²) < 4.78 is 22.5. The van der Waals surface area contributed by atoms with Gasteiger partial charge in [0.2, 0.25) is 10.0 Å². The van der Waals surface area contributed by atoms with Crippen molar-refractivity contribution in [2.24, 2.45) is 5.14 Å². The van der Waals surface area contributed by atoms with E-state index in [9.17, 15) is 13.5 Å². The number of aliphatic hydroxyl groups excluding tert-OH is 1. The van der Waals surface area contributed by atoms with Gasteiger partial charge in [0, 0.05) is 10.1 Å². The van der Waals surface area contributed by atoms with Crippen LogP contribution in [0, 0.1) is 0 Å². The highest BCUT2D eigenvalue weighted by molar-refractivity contribution is 8.00. The molecule has 1 aromatic rings. The minimum atomic E-state index is -3.81. The molecule has 96 valence electrons. The normalized spacial score (nSPS) is 15.5. The van der Waals surface area contributed by atoms with Crippen LogP contribution in [0.2, 0.25) is 0 Å². The zero-order chi connectivity index (χ0) is 13.2. The molecule has 0 bridgehead atoms. The average Bonchev–Trinajstić information content (AvgIpc) is 2.19. The predicted octanol–water partition coefficient (Wildman–Crippen LogP) is 0.778. The summed E-state index contributed by atoms with van der Waals surface area (Å²) in [4.78, 5) is 0.519. The maximum atomic E-state index is 11.3. The average molecular weight is 276 g/mol. The number of aliphatic hydroxyl groups is 1. The van der Waals surface area contributed by atoms with Crippen LogP contribution < -0.4 is 10.9 Å². The van der Waals surface area contributed by atoms with Crippen molar-refractivity contribution in [2.45, 2.75) is 35.0 Å². The molecule has 0 aromatic heterocycles. The second-order valence-corrected chi connectivity index (χ2v) is 6.73. The van der Waals surface area contributed by atoms with E-state index in [-0.39, 0.29) is 15.8 Å². The smallest absolute Gasteiger partial charge is 0.240 e. The van der Waals surface area contributed by atoms with Gasteiger partial charge in [0.15, 0.2) is 0 Å². The SMILES string of the molecule is CC(O)C(C)Sc1cccc(S(N)(=O)=O)c1N. The van der Waals surface area contributed by atoms with Crippen LogP contribution in [0.15, 0.2) is 28.0 Å². The number of nitrogens with two attached hydrogens (primary N) is 2. The molecule has 2 atom stereocenters. The van der Waals surface area contributed by atoms with Gasteiger partial charge in [-0.25, -0.2) is 13.6 Å². The van der Waals surface area contributed by atoms with Crippen molar-refractivity contribution < 1.29 is 13.5 Å². The molecule has 0 saturated heterocycles. The highest BCUT2D eigenvalue weighted by Crippen LogP contribution is 2.33. The van der Waals surface area contributed by atoms with Crippen LogP contribution >= 0.6 is 11.8 Å². The van der Waals surface area contributed by atoms with Crippen molar-refractivity contribution in [1.82, 2.24) is 0 Å². The Balaban J connectivity index is 3.12. The number of nitrogen functional groups attached to an aromatic ring is 1. The van der Waals surface area contributed by atoms with E-state index in [0.717, 1.165) is 0 Å². The van der Waals surface area contributed by atoms with Crippen LogP contribution in [0.1, 0.15) is 13.8 Å². The first kappa shape index (κ1) is 14.3. The lowest BCUT2D eigenvalue weighted by molar-refractivity contribution is 0.196. The van der Waals surface area contributed by atoms with Crippen LogP contribution in [-0.2, 0) is 10.0 Å². The summed E-state index contributed by atoms with van der Waals surface area (Å²) in [6.45, 7) is 3.50. The Morgan fingerprint density at radius 1 is 1.35 bits per heavy atom. The van der Waals surface area contributed by atoms with E-state index in [1.165, 1.54) is 17.8 Å². The Bertz CT molecular complexity index is 500. The van der Waals surface area contributed by atoms with Crippen molar-refractivity contribution in [1.29, 1.82) is 0 Å². The number of hydrogen-bond acceptors (Lipinski definition) is 5. The number of thioether (sulfide) groups is 1. The Hall–Kier alpha value is -0.760. The molecule has 0 aliphatic rings. The summed E-state index contributed by atoms with van der Waals surface area (Å²) in [5.74, 6) is 0. The highest BCUT2D eigenvalue weighted by atomic mass is 32.2. The van der Waals surface area contributed by atoms with E-state index >= 15 is 0 Å².